The highest BCUT2D eigenvalue weighted by atomic mass is 16.5. The Morgan fingerprint density at radius 1 is 0.620 bits per heavy atom. The first-order valence-electron chi connectivity index (χ1n) is 15.7. The molecule has 0 saturated carbocycles. The zero-order chi connectivity index (χ0) is 36.8. The highest BCUT2D eigenvalue weighted by Crippen LogP contribution is 2.19. The molecule has 0 saturated heterocycles. The van der Waals surface area contributed by atoms with Gasteiger partial charge in [0.1, 0.15) is 13.2 Å². The van der Waals surface area contributed by atoms with Crippen LogP contribution in [0.3, 0.4) is 0 Å². The fraction of sp³-hybridized carbons (Fsp3) is 0.343. The van der Waals surface area contributed by atoms with Crippen molar-refractivity contribution in [3.8, 4) is 0 Å². The number of aliphatic hydroxyl groups is 1. The standard InChI is InChI=1S/C35H39N3O12/c1-23(2)49-30(41)10-8-6-5-7-9-29(40)47-19-16-37-33(44)36(15-18-39)34(45)38(35(37)46)17-20-48-31(42)27-13-11-26-22-28(14-12-25(26)21-27)32(43)50-24(3)4/h5-14,21-24,39H,15-20H2,1-4H3/b6-5+,9-7+,10-8+. The summed E-state index contributed by atoms with van der Waals surface area (Å²) < 4.78 is 22.5. The van der Waals surface area contributed by atoms with E-state index in [1.165, 1.54) is 36.4 Å². The van der Waals surface area contributed by atoms with Gasteiger partial charge in [-0.2, -0.15) is 0 Å². The van der Waals surface area contributed by atoms with Crippen LogP contribution in [0.1, 0.15) is 48.4 Å². The van der Waals surface area contributed by atoms with E-state index in [1.807, 2.05) is 0 Å². The van der Waals surface area contributed by atoms with E-state index in [2.05, 4.69) is 0 Å². The summed E-state index contributed by atoms with van der Waals surface area (Å²) in [5.41, 5.74) is -2.52. The number of benzene rings is 2. The van der Waals surface area contributed by atoms with Crippen LogP contribution in [-0.4, -0.2) is 74.7 Å². The highest BCUT2D eigenvalue weighted by molar-refractivity contribution is 5.99. The molecular weight excluding hydrogens is 654 g/mol. The van der Waals surface area contributed by atoms with Crippen molar-refractivity contribution >= 4 is 34.6 Å². The number of carbonyl (C=O) groups is 4. The largest absolute Gasteiger partial charge is 0.461 e. The average molecular weight is 694 g/mol. The van der Waals surface area contributed by atoms with Gasteiger partial charge in [-0.3, -0.25) is 0 Å². The fourth-order valence-corrected chi connectivity index (χ4v) is 4.40. The Balaban J connectivity index is 1.64. The molecule has 3 aromatic rings. The van der Waals surface area contributed by atoms with Gasteiger partial charge in [0.25, 0.3) is 0 Å². The Morgan fingerprint density at radius 3 is 1.58 bits per heavy atom. The van der Waals surface area contributed by atoms with Crippen molar-refractivity contribution < 1.29 is 43.2 Å². The van der Waals surface area contributed by atoms with E-state index in [4.69, 9.17) is 18.9 Å². The molecule has 0 bridgehead atoms. The van der Waals surface area contributed by atoms with E-state index in [0.717, 1.165) is 6.08 Å². The monoisotopic (exact) mass is 693 g/mol. The SMILES string of the molecule is CC(C)OC(=O)/C=C/C=C/C=C/C(=O)OCCn1c(=O)n(CCO)c(=O)n(CCOC(=O)c2ccc3cc(C(=O)OC(C)C)ccc3c2)c1=O. The summed E-state index contributed by atoms with van der Waals surface area (Å²) in [5, 5.41) is 10.7. The zero-order valence-corrected chi connectivity index (χ0v) is 28.1. The third-order valence-electron chi connectivity index (χ3n) is 6.62. The maximum Gasteiger partial charge on any atom is 0.338 e. The minimum atomic E-state index is -1.03. The van der Waals surface area contributed by atoms with Gasteiger partial charge in [-0.1, -0.05) is 36.4 Å². The molecule has 0 aliphatic heterocycles. The third-order valence-corrected chi connectivity index (χ3v) is 6.62. The van der Waals surface area contributed by atoms with E-state index in [0.29, 0.717) is 30.0 Å². The molecule has 0 radical (unpaired) electrons. The van der Waals surface area contributed by atoms with Crippen molar-refractivity contribution in [3.05, 3.63) is 115 Å². The van der Waals surface area contributed by atoms with Crippen LogP contribution in [0.25, 0.3) is 10.8 Å². The first-order valence-corrected chi connectivity index (χ1v) is 15.7. The Hall–Kier alpha value is -5.83. The van der Waals surface area contributed by atoms with Gasteiger partial charge in [0.05, 0.1) is 49.6 Å². The lowest BCUT2D eigenvalue weighted by Crippen LogP contribution is -2.55. The molecule has 3 rings (SSSR count). The van der Waals surface area contributed by atoms with Crippen LogP contribution in [0.4, 0.5) is 0 Å². The maximum atomic E-state index is 13.1. The second kappa shape index (κ2) is 18.6. The predicted molar refractivity (Wildman–Crippen MR) is 181 cm³/mol. The minimum Gasteiger partial charge on any atom is -0.461 e. The lowest BCUT2D eigenvalue weighted by molar-refractivity contribution is -0.141. The van der Waals surface area contributed by atoms with Crippen LogP contribution in [0, 0.1) is 0 Å². The van der Waals surface area contributed by atoms with Gasteiger partial charge in [0, 0.05) is 12.2 Å². The number of hydrogen-bond donors (Lipinski definition) is 1. The summed E-state index contributed by atoms with van der Waals surface area (Å²) in [6.07, 6.45) is 7.48. The number of rotatable bonds is 16. The van der Waals surface area contributed by atoms with Gasteiger partial charge >= 0.3 is 40.9 Å². The number of hydrogen-bond acceptors (Lipinski definition) is 12. The van der Waals surface area contributed by atoms with E-state index in [1.54, 1.807) is 58.0 Å². The number of nitrogens with zero attached hydrogens (tertiary/aromatic N) is 3. The third kappa shape index (κ3) is 11.1. The summed E-state index contributed by atoms with van der Waals surface area (Å²) in [4.78, 5) is 87.5. The zero-order valence-electron chi connectivity index (χ0n) is 28.1. The lowest BCUT2D eigenvalue weighted by Gasteiger charge is -2.13. The molecular formula is C35H39N3O12. The molecule has 2 aromatic carbocycles. The molecule has 1 aromatic heterocycles. The predicted octanol–water partition coefficient (Wildman–Crippen LogP) is 1.90. The molecule has 15 heteroatoms. The number of aromatic nitrogens is 3. The summed E-state index contributed by atoms with van der Waals surface area (Å²) in [6, 6.07) is 9.57. The van der Waals surface area contributed by atoms with Gasteiger partial charge in [0.15, 0.2) is 0 Å². The Bertz CT molecular complexity index is 1980. The molecule has 0 fully saturated rings. The average Bonchev–Trinajstić information content (AvgIpc) is 3.06. The van der Waals surface area contributed by atoms with Crippen molar-refractivity contribution in [2.45, 2.75) is 59.5 Å². The van der Waals surface area contributed by atoms with E-state index >= 15 is 0 Å². The quantitative estimate of drug-likeness (QED) is 0.0994. The first-order chi connectivity index (χ1) is 23.8. The van der Waals surface area contributed by atoms with E-state index in [-0.39, 0.29) is 17.8 Å². The van der Waals surface area contributed by atoms with Crippen LogP contribution < -0.4 is 17.1 Å². The number of fused-ring (bicyclic) bond motifs is 1. The topological polar surface area (TPSA) is 191 Å². The highest BCUT2D eigenvalue weighted by Gasteiger charge is 2.17. The van der Waals surface area contributed by atoms with Gasteiger partial charge in [-0.15, -0.1) is 0 Å². The van der Waals surface area contributed by atoms with Crippen LogP contribution >= 0.6 is 0 Å². The summed E-state index contributed by atoms with van der Waals surface area (Å²) in [5.74, 6) is -2.52. The summed E-state index contributed by atoms with van der Waals surface area (Å²) in [6.45, 7) is 4.29. The maximum absolute atomic E-state index is 13.1. The van der Waals surface area contributed by atoms with E-state index in [9.17, 15) is 38.7 Å². The molecule has 0 aliphatic rings. The van der Waals surface area contributed by atoms with Crippen LogP contribution in [0.5, 0.6) is 0 Å². The first kappa shape index (κ1) is 38.6. The number of allylic oxidation sites excluding steroid dienone is 4. The van der Waals surface area contributed by atoms with Crippen molar-refractivity contribution in [1.29, 1.82) is 0 Å². The van der Waals surface area contributed by atoms with Crippen LogP contribution in [-0.2, 0) is 48.2 Å². The Kier molecular flexibility index (Phi) is 14.4. The normalized spacial score (nSPS) is 11.7. The number of carbonyl (C=O) groups excluding carboxylic acids is 4. The Morgan fingerprint density at radius 2 is 1.08 bits per heavy atom. The molecule has 1 N–H and O–H groups in total. The smallest absolute Gasteiger partial charge is 0.338 e. The second-order valence-corrected chi connectivity index (χ2v) is 11.1. The van der Waals surface area contributed by atoms with Crippen molar-refractivity contribution in [1.82, 2.24) is 13.7 Å². The number of ether oxygens (including phenoxy) is 4. The molecule has 0 amide bonds. The lowest BCUT2D eigenvalue weighted by atomic mass is 10.0. The fourth-order valence-electron chi connectivity index (χ4n) is 4.40. The molecule has 0 atom stereocenters. The summed E-state index contributed by atoms with van der Waals surface area (Å²) >= 11 is 0. The molecule has 15 nitrogen and oxygen atoms in total. The van der Waals surface area contributed by atoms with Gasteiger partial charge in [-0.25, -0.2) is 47.3 Å². The van der Waals surface area contributed by atoms with Gasteiger partial charge in [0.2, 0.25) is 0 Å². The van der Waals surface area contributed by atoms with E-state index < -0.39 is 80.4 Å². The van der Waals surface area contributed by atoms with Crippen molar-refractivity contribution in [3.63, 3.8) is 0 Å². The second-order valence-electron chi connectivity index (χ2n) is 11.1. The summed E-state index contributed by atoms with van der Waals surface area (Å²) in [7, 11) is 0. The molecule has 0 spiro atoms. The van der Waals surface area contributed by atoms with Gasteiger partial charge in [-0.05, 0) is 62.7 Å². The number of esters is 4. The van der Waals surface area contributed by atoms with Crippen molar-refractivity contribution in [2.75, 3.05) is 19.8 Å². The molecule has 1 heterocycles. The van der Waals surface area contributed by atoms with Crippen molar-refractivity contribution in [2.24, 2.45) is 0 Å². The molecule has 50 heavy (non-hydrogen) atoms. The van der Waals surface area contributed by atoms with Gasteiger partial charge < -0.3 is 24.1 Å². The Labute approximate surface area is 286 Å². The van der Waals surface area contributed by atoms with Crippen LogP contribution in [0.15, 0.2) is 87.2 Å². The van der Waals surface area contributed by atoms with Crippen LogP contribution in [0.2, 0.25) is 0 Å². The number of aliphatic hydroxyl groups excluding tert-OH is 1. The molecule has 0 aliphatic carbocycles. The molecule has 266 valence electrons. The minimum absolute atomic E-state index is 0.180. The molecule has 0 unspecified atom stereocenters.